The summed E-state index contributed by atoms with van der Waals surface area (Å²) in [6.45, 7) is 4.17. The Labute approximate surface area is 113 Å². The van der Waals surface area contributed by atoms with Crippen LogP contribution in [-0.2, 0) is 0 Å². The lowest BCUT2D eigenvalue weighted by atomic mass is 10.1. The number of tetrazole rings is 1. The van der Waals surface area contributed by atoms with E-state index in [1.54, 1.807) is 6.33 Å². The molecule has 0 aliphatic carbocycles. The van der Waals surface area contributed by atoms with E-state index >= 15 is 0 Å². The Balaban J connectivity index is 1.99. The first-order valence-corrected chi connectivity index (χ1v) is 6.22. The van der Waals surface area contributed by atoms with Gasteiger partial charge in [0.25, 0.3) is 0 Å². The van der Waals surface area contributed by atoms with Gasteiger partial charge in [-0.1, -0.05) is 0 Å². The first-order valence-electron chi connectivity index (χ1n) is 6.22. The fraction of sp³-hybridized carbons (Fsp3) is 0.154. The monoisotopic (exact) mass is 265 g/mol. The van der Waals surface area contributed by atoms with Gasteiger partial charge in [0, 0.05) is 0 Å². The lowest BCUT2D eigenvalue weighted by Crippen LogP contribution is -2.02. The zero-order chi connectivity index (χ0) is 13.7. The SMILES string of the molecule is Cc1cc2ncn(-c3ccc4nnnn4n3)c2cc1C. The van der Waals surface area contributed by atoms with Crippen molar-refractivity contribution in [1.82, 2.24) is 34.8 Å². The van der Waals surface area contributed by atoms with Crippen LogP contribution in [-0.4, -0.2) is 34.8 Å². The molecule has 0 atom stereocenters. The number of hydrogen-bond acceptors (Lipinski definition) is 5. The molecule has 3 aromatic heterocycles. The molecule has 4 aromatic rings. The normalized spacial score (nSPS) is 11.5. The molecule has 98 valence electrons. The van der Waals surface area contributed by atoms with E-state index in [0.717, 1.165) is 16.9 Å². The average Bonchev–Trinajstić information content (AvgIpc) is 3.05. The van der Waals surface area contributed by atoms with E-state index in [1.807, 2.05) is 16.7 Å². The van der Waals surface area contributed by atoms with Crippen LogP contribution in [0.15, 0.2) is 30.6 Å². The predicted octanol–water partition coefficient (Wildman–Crippen LogP) is 1.48. The van der Waals surface area contributed by atoms with Gasteiger partial charge in [-0.15, -0.1) is 14.8 Å². The van der Waals surface area contributed by atoms with Crippen molar-refractivity contribution in [2.75, 3.05) is 0 Å². The number of aryl methyl sites for hydroxylation is 2. The second-order valence-corrected chi connectivity index (χ2v) is 4.76. The van der Waals surface area contributed by atoms with Crippen LogP contribution < -0.4 is 0 Å². The van der Waals surface area contributed by atoms with Gasteiger partial charge in [-0.2, -0.15) is 0 Å². The van der Waals surface area contributed by atoms with Gasteiger partial charge in [0.1, 0.15) is 6.33 Å². The van der Waals surface area contributed by atoms with Crippen LogP contribution in [0.4, 0.5) is 0 Å². The number of fused-ring (bicyclic) bond motifs is 2. The summed E-state index contributed by atoms with van der Waals surface area (Å²) in [5.41, 5.74) is 5.04. The molecule has 0 saturated heterocycles. The first kappa shape index (κ1) is 11.0. The highest BCUT2D eigenvalue weighted by Gasteiger charge is 2.09. The Kier molecular flexibility index (Phi) is 2.11. The van der Waals surface area contributed by atoms with Crippen LogP contribution in [0.2, 0.25) is 0 Å². The molecule has 0 spiro atoms. The van der Waals surface area contributed by atoms with E-state index in [-0.39, 0.29) is 0 Å². The molecule has 0 saturated carbocycles. The maximum Gasteiger partial charge on any atom is 0.200 e. The zero-order valence-corrected chi connectivity index (χ0v) is 11.0. The summed E-state index contributed by atoms with van der Waals surface area (Å²) in [6.07, 6.45) is 1.77. The molecular formula is C13H11N7. The molecule has 7 nitrogen and oxygen atoms in total. The summed E-state index contributed by atoms with van der Waals surface area (Å²) in [6, 6.07) is 7.90. The molecule has 0 bridgehead atoms. The number of nitrogens with zero attached hydrogens (tertiary/aromatic N) is 7. The molecule has 20 heavy (non-hydrogen) atoms. The molecule has 1 aromatic carbocycles. The quantitative estimate of drug-likeness (QED) is 0.521. The fourth-order valence-electron chi connectivity index (χ4n) is 2.22. The third-order valence-corrected chi connectivity index (χ3v) is 3.47. The summed E-state index contributed by atoms with van der Waals surface area (Å²) in [4.78, 5) is 4.43. The van der Waals surface area contributed by atoms with Crippen molar-refractivity contribution in [3.05, 3.63) is 41.7 Å². The third kappa shape index (κ3) is 1.49. The van der Waals surface area contributed by atoms with Gasteiger partial charge in [-0.25, -0.2) is 4.98 Å². The highest BCUT2D eigenvalue weighted by Crippen LogP contribution is 2.20. The molecule has 0 N–H and O–H groups in total. The lowest BCUT2D eigenvalue weighted by molar-refractivity contribution is 0.720. The Morgan fingerprint density at radius 2 is 1.90 bits per heavy atom. The topological polar surface area (TPSA) is 73.8 Å². The van der Waals surface area contributed by atoms with Gasteiger partial charge in [0.05, 0.1) is 11.0 Å². The van der Waals surface area contributed by atoms with Crippen molar-refractivity contribution < 1.29 is 0 Å². The molecule has 0 fully saturated rings. The minimum atomic E-state index is 0.616. The lowest BCUT2D eigenvalue weighted by Gasteiger charge is -2.04. The van der Waals surface area contributed by atoms with Crippen molar-refractivity contribution in [2.24, 2.45) is 0 Å². The largest absolute Gasteiger partial charge is 0.281 e. The highest BCUT2D eigenvalue weighted by atomic mass is 15.6. The van der Waals surface area contributed by atoms with Crippen molar-refractivity contribution >= 4 is 16.7 Å². The van der Waals surface area contributed by atoms with Gasteiger partial charge in [-0.05, 0) is 59.7 Å². The molecule has 4 rings (SSSR count). The second-order valence-electron chi connectivity index (χ2n) is 4.76. The van der Waals surface area contributed by atoms with Crippen LogP contribution >= 0.6 is 0 Å². The third-order valence-electron chi connectivity index (χ3n) is 3.47. The van der Waals surface area contributed by atoms with E-state index in [9.17, 15) is 0 Å². The number of rotatable bonds is 1. The summed E-state index contributed by atoms with van der Waals surface area (Å²) in [5.74, 6) is 0.732. The number of aromatic nitrogens is 7. The molecular weight excluding hydrogens is 254 g/mol. The van der Waals surface area contributed by atoms with E-state index in [4.69, 9.17) is 0 Å². The Morgan fingerprint density at radius 3 is 2.80 bits per heavy atom. The van der Waals surface area contributed by atoms with Crippen LogP contribution in [0.25, 0.3) is 22.5 Å². The van der Waals surface area contributed by atoms with Crippen molar-refractivity contribution in [1.29, 1.82) is 0 Å². The molecule has 0 unspecified atom stereocenters. The molecule has 3 heterocycles. The van der Waals surface area contributed by atoms with Crippen molar-refractivity contribution in [2.45, 2.75) is 13.8 Å². The van der Waals surface area contributed by atoms with E-state index in [1.165, 1.54) is 15.8 Å². The summed E-state index contributed by atoms with van der Waals surface area (Å²) in [7, 11) is 0. The molecule has 0 aliphatic rings. The van der Waals surface area contributed by atoms with E-state index in [2.05, 4.69) is 51.6 Å². The number of imidazole rings is 1. The van der Waals surface area contributed by atoms with Gasteiger partial charge in [-0.3, -0.25) is 4.57 Å². The smallest absolute Gasteiger partial charge is 0.200 e. The maximum absolute atomic E-state index is 4.43. The van der Waals surface area contributed by atoms with Crippen LogP contribution in [0.5, 0.6) is 0 Å². The van der Waals surface area contributed by atoms with E-state index in [0.29, 0.717) is 5.65 Å². The van der Waals surface area contributed by atoms with Gasteiger partial charge in [0.15, 0.2) is 11.5 Å². The maximum atomic E-state index is 4.43. The highest BCUT2D eigenvalue weighted by molar-refractivity contribution is 5.78. The van der Waals surface area contributed by atoms with Gasteiger partial charge < -0.3 is 0 Å². The van der Waals surface area contributed by atoms with Crippen molar-refractivity contribution in [3.8, 4) is 5.82 Å². The Hall–Kier alpha value is -2.83. The number of benzene rings is 1. The zero-order valence-electron chi connectivity index (χ0n) is 11.0. The number of hydrogen-bond donors (Lipinski definition) is 0. The van der Waals surface area contributed by atoms with Crippen LogP contribution in [0, 0.1) is 13.8 Å². The average molecular weight is 265 g/mol. The van der Waals surface area contributed by atoms with Gasteiger partial charge >= 0.3 is 0 Å². The Bertz CT molecular complexity index is 934. The van der Waals surface area contributed by atoms with E-state index < -0.39 is 0 Å². The molecule has 7 heteroatoms. The standard InChI is InChI=1S/C13H11N7/c1-8-5-10-11(6-9(8)2)19(7-14-10)13-4-3-12-15-17-18-20(12)16-13/h3-7H,1-2H3. The van der Waals surface area contributed by atoms with Gasteiger partial charge in [0.2, 0.25) is 0 Å². The Morgan fingerprint density at radius 1 is 1.05 bits per heavy atom. The summed E-state index contributed by atoms with van der Waals surface area (Å²) >= 11 is 0. The van der Waals surface area contributed by atoms with Crippen molar-refractivity contribution in [3.63, 3.8) is 0 Å². The van der Waals surface area contributed by atoms with Crippen LogP contribution in [0.3, 0.4) is 0 Å². The summed E-state index contributed by atoms with van der Waals surface area (Å²) in [5, 5.41) is 15.6. The molecule has 0 aliphatic heterocycles. The minimum absolute atomic E-state index is 0.616. The second kappa shape index (κ2) is 3.83. The predicted molar refractivity (Wildman–Crippen MR) is 72.7 cm³/mol. The fourth-order valence-corrected chi connectivity index (χ4v) is 2.22. The molecule has 0 amide bonds. The first-order chi connectivity index (χ1) is 9.72. The molecule has 0 radical (unpaired) electrons. The van der Waals surface area contributed by atoms with Crippen LogP contribution in [0.1, 0.15) is 11.1 Å². The summed E-state index contributed by atoms with van der Waals surface area (Å²) < 4.78 is 3.34. The minimum Gasteiger partial charge on any atom is -0.281 e.